The third-order valence-corrected chi connectivity index (χ3v) is 5.44. The normalized spacial score (nSPS) is 16.4. The van der Waals surface area contributed by atoms with Gasteiger partial charge >= 0.3 is 0 Å². The van der Waals surface area contributed by atoms with Gasteiger partial charge in [-0.1, -0.05) is 38.1 Å². The van der Waals surface area contributed by atoms with Crippen molar-refractivity contribution in [1.29, 1.82) is 0 Å². The Morgan fingerprint density at radius 2 is 1.78 bits per heavy atom. The average Bonchev–Trinajstić information content (AvgIpc) is 2.83. The fraction of sp³-hybridized carbons (Fsp3) is 0.545. The monoisotopic (exact) mass is 369 g/mol. The van der Waals surface area contributed by atoms with Gasteiger partial charge in [-0.2, -0.15) is 0 Å². The highest BCUT2D eigenvalue weighted by molar-refractivity contribution is 5.94. The van der Waals surface area contributed by atoms with Gasteiger partial charge in [0.15, 0.2) is 0 Å². The molecule has 2 heterocycles. The van der Waals surface area contributed by atoms with Crippen LogP contribution in [0.2, 0.25) is 0 Å². The molecule has 1 aromatic carbocycles. The van der Waals surface area contributed by atoms with Gasteiger partial charge in [0.05, 0.1) is 5.69 Å². The molecule has 1 aromatic heterocycles. The van der Waals surface area contributed by atoms with E-state index in [4.69, 9.17) is 4.52 Å². The van der Waals surface area contributed by atoms with Crippen LogP contribution in [0.3, 0.4) is 0 Å². The number of amides is 1. The zero-order valence-electron chi connectivity index (χ0n) is 17.2. The van der Waals surface area contributed by atoms with Crippen molar-refractivity contribution in [2.45, 2.75) is 53.0 Å². The lowest BCUT2D eigenvalue weighted by Crippen LogP contribution is -2.35. The third-order valence-electron chi connectivity index (χ3n) is 5.44. The molecule has 0 bridgehead atoms. The molecule has 0 saturated carbocycles. The smallest absolute Gasteiger partial charge is 0.253 e. The second-order valence-electron chi connectivity index (χ2n) is 8.55. The number of benzene rings is 1. The lowest BCUT2D eigenvalue weighted by molar-refractivity contribution is 0.0761. The number of nitrogens with zero attached hydrogens (tertiary/aromatic N) is 3. The summed E-state index contributed by atoms with van der Waals surface area (Å²) in [6, 6.07) is 8.09. The topological polar surface area (TPSA) is 49.6 Å². The van der Waals surface area contributed by atoms with Crippen LogP contribution >= 0.6 is 0 Å². The predicted octanol–water partition coefficient (Wildman–Crippen LogP) is 3.94. The first-order chi connectivity index (χ1) is 12.8. The average molecular weight is 370 g/mol. The fourth-order valence-electron chi connectivity index (χ4n) is 3.58. The molecule has 0 N–H and O–H groups in total. The third kappa shape index (κ3) is 4.59. The van der Waals surface area contributed by atoms with Crippen molar-refractivity contribution < 1.29 is 9.32 Å². The summed E-state index contributed by atoms with van der Waals surface area (Å²) in [5.74, 6) is 1.03. The van der Waals surface area contributed by atoms with E-state index in [9.17, 15) is 4.79 Å². The Hall–Kier alpha value is -2.14. The van der Waals surface area contributed by atoms with Crippen molar-refractivity contribution in [1.82, 2.24) is 15.0 Å². The largest absolute Gasteiger partial charge is 0.361 e. The number of aryl methyl sites for hydroxylation is 2. The molecule has 3 rings (SSSR count). The van der Waals surface area contributed by atoms with E-state index >= 15 is 0 Å². The maximum absolute atomic E-state index is 12.9. The Morgan fingerprint density at radius 3 is 2.37 bits per heavy atom. The second kappa shape index (κ2) is 7.85. The number of hydrogen-bond acceptors (Lipinski definition) is 4. The summed E-state index contributed by atoms with van der Waals surface area (Å²) in [5.41, 5.74) is 4.27. The molecule has 5 heteroatoms. The highest BCUT2D eigenvalue weighted by Gasteiger charge is 2.22. The molecule has 1 amide bonds. The first-order valence-electron chi connectivity index (χ1n) is 9.79. The Kier molecular flexibility index (Phi) is 5.70. The van der Waals surface area contributed by atoms with Crippen molar-refractivity contribution in [3.8, 4) is 0 Å². The molecule has 1 aliphatic rings. The van der Waals surface area contributed by atoms with E-state index in [1.54, 1.807) is 0 Å². The van der Waals surface area contributed by atoms with Crippen LogP contribution in [0.1, 0.15) is 60.1 Å². The van der Waals surface area contributed by atoms with E-state index in [1.807, 2.05) is 30.9 Å². The Balaban J connectivity index is 1.63. The number of aromatic nitrogens is 1. The molecule has 1 saturated heterocycles. The van der Waals surface area contributed by atoms with Crippen LogP contribution in [-0.4, -0.2) is 47.0 Å². The molecule has 2 aromatic rings. The van der Waals surface area contributed by atoms with Gasteiger partial charge in [-0.3, -0.25) is 9.69 Å². The SMILES string of the molecule is Cc1noc(C)c1CN1CCCN(C(=O)c2ccc(C(C)(C)C)cc2)CC1. The zero-order chi connectivity index (χ0) is 19.6. The fourth-order valence-corrected chi connectivity index (χ4v) is 3.58. The van der Waals surface area contributed by atoms with Crippen molar-refractivity contribution in [3.63, 3.8) is 0 Å². The summed E-state index contributed by atoms with van der Waals surface area (Å²) < 4.78 is 5.28. The van der Waals surface area contributed by atoms with Gasteiger partial charge in [0.2, 0.25) is 0 Å². The molecule has 1 aliphatic heterocycles. The van der Waals surface area contributed by atoms with Crippen LogP contribution in [0.5, 0.6) is 0 Å². The Labute approximate surface area is 162 Å². The van der Waals surface area contributed by atoms with Gasteiger partial charge in [-0.05, 0) is 43.4 Å². The highest BCUT2D eigenvalue weighted by Crippen LogP contribution is 2.23. The molecule has 0 unspecified atom stereocenters. The quantitative estimate of drug-likeness (QED) is 0.822. The maximum Gasteiger partial charge on any atom is 0.253 e. The minimum Gasteiger partial charge on any atom is -0.361 e. The number of carbonyl (C=O) groups excluding carboxylic acids is 1. The van der Waals surface area contributed by atoms with E-state index in [0.29, 0.717) is 0 Å². The van der Waals surface area contributed by atoms with Crippen molar-refractivity contribution >= 4 is 5.91 Å². The van der Waals surface area contributed by atoms with Crippen LogP contribution in [0.25, 0.3) is 0 Å². The molecule has 0 atom stereocenters. The minimum atomic E-state index is 0.100. The van der Waals surface area contributed by atoms with Crippen LogP contribution in [0.4, 0.5) is 0 Å². The van der Waals surface area contributed by atoms with Crippen LogP contribution in [0, 0.1) is 13.8 Å². The molecule has 5 nitrogen and oxygen atoms in total. The Bertz CT molecular complexity index is 767. The van der Waals surface area contributed by atoms with Crippen molar-refractivity contribution in [2.24, 2.45) is 0 Å². The van der Waals surface area contributed by atoms with Gasteiger partial charge in [-0.25, -0.2) is 0 Å². The zero-order valence-corrected chi connectivity index (χ0v) is 17.2. The lowest BCUT2D eigenvalue weighted by Gasteiger charge is -2.23. The van der Waals surface area contributed by atoms with Crippen LogP contribution < -0.4 is 0 Å². The van der Waals surface area contributed by atoms with Gasteiger partial charge < -0.3 is 9.42 Å². The summed E-state index contributed by atoms with van der Waals surface area (Å²) in [6.45, 7) is 14.8. The van der Waals surface area contributed by atoms with Gasteiger partial charge in [0, 0.05) is 43.9 Å². The molecule has 1 fully saturated rings. The highest BCUT2D eigenvalue weighted by atomic mass is 16.5. The van der Waals surface area contributed by atoms with Crippen LogP contribution in [-0.2, 0) is 12.0 Å². The molecule has 0 radical (unpaired) electrons. The predicted molar refractivity (Wildman–Crippen MR) is 107 cm³/mol. The number of carbonyl (C=O) groups is 1. The van der Waals surface area contributed by atoms with E-state index in [-0.39, 0.29) is 11.3 Å². The molecule has 146 valence electrons. The molecule has 0 aliphatic carbocycles. The summed E-state index contributed by atoms with van der Waals surface area (Å²) in [7, 11) is 0. The summed E-state index contributed by atoms with van der Waals surface area (Å²) >= 11 is 0. The summed E-state index contributed by atoms with van der Waals surface area (Å²) in [4.78, 5) is 17.3. The number of rotatable bonds is 3. The van der Waals surface area contributed by atoms with Crippen molar-refractivity contribution in [3.05, 3.63) is 52.4 Å². The molecule has 27 heavy (non-hydrogen) atoms. The molecule has 0 spiro atoms. The summed E-state index contributed by atoms with van der Waals surface area (Å²) in [5, 5.41) is 4.05. The molecular formula is C22H31N3O2. The first-order valence-corrected chi connectivity index (χ1v) is 9.79. The maximum atomic E-state index is 12.9. The van der Waals surface area contributed by atoms with Gasteiger partial charge in [0.25, 0.3) is 5.91 Å². The molecular weight excluding hydrogens is 338 g/mol. The minimum absolute atomic E-state index is 0.100. The standard InChI is InChI=1S/C22H31N3O2/c1-16-20(17(2)27-23-16)15-24-11-6-12-25(14-13-24)21(26)18-7-9-19(10-8-18)22(3,4)5/h7-10H,6,11-15H2,1-5H3. The van der Waals surface area contributed by atoms with E-state index in [1.165, 1.54) is 11.1 Å². The van der Waals surface area contributed by atoms with Crippen LogP contribution in [0.15, 0.2) is 28.8 Å². The van der Waals surface area contributed by atoms with E-state index in [2.05, 4.69) is 43.0 Å². The van der Waals surface area contributed by atoms with Crippen molar-refractivity contribution in [2.75, 3.05) is 26.2 Å². The van der Waals surface area contributed by atoms with E-state index in [0.717, 1.165) is 56.2 Å². The summed E-state index contributed by atoms with van der Waals surface area (Å²) in [6.07, 6.45) is 0.981. The number of hydrogen-bond donors (Lipinski definition) is 0. The Morgan fingerprint density at radius 1 is 1.07 bits per heavy atom. The lowest BCUT2D eigenvalue weighted by atomic mass is 9.86. The van der Waals surface area contributed by atoms with E-state index < -0.39 is 0 Å². The second-order valence-corrected chi connectivity index (χ2v) is 8.55. The first kappa shape index (κ1) is 19.6. The van der Waals surface area contributed by atoms with Gasteiger partial charge in [0.1, 0.15) is 5.76 Å². The van der Waals surface area contributed by atoms with Gasteiger partial charge in [-0.15, -0.1) is 0 Å².